The molecule has 4 nitrogen and oxygen atoms in total. The Morgan fingerprint density at radius 1 is 1.40 bits per heavy atom. The number of amides is 1. The normalized spacial score (nSPS) is 14.9. The summed E-state index contributed by atoms with van der Waals surface area (Å²) in [5.41, 5.74) is 6.39. The lowest BCUT2D eigenvalue weighted by atomic mass is 10.2. The summed E-state index contributed by atoms with van der Waals surface area (Å²) in [6.45, 7) is 0.277. The van der Waals surface area contributed by atoms with Gasteiger partial charge in [0.05, 0.1) is 29.4 Å². The summed E-state index contributed by atoms with van der Waals surface area (Å²) in [7, 11) is 0. The maximum Gasteiger partial charge on any atom is 0.227 e. The lowest BCUT2D eigenvalue weighted by molar-refractivity contribution is -0.116. The maximum absolute atomic E-state index is 11.2. The molecule has 80 valence electrons. The molecular weight excluding hydrogens is 239 g/mol. The molecule has 0 aromatic heterocycles. The molecule has 15 heavy (non-hydrogen) atoms. The van der Waals surface area contributed by atoms with E-state index in [0.29, 0.717) is 17.1 Å². The first-order chi connectivity index (χ1) is 7.09. The number of halogens is 2. The van der Waals surface area contributed by atoms with Gasteiger partial charge in [0.1, 0.15) is 5.02 Å². The number of rotatable bonds is 0. The Balaban J connectivity index is 2.57. The molecule has 0 radical (unpaired) electrons. The van der Waals surface area contributed by atoms with E-state index in [2.05, 4.69) is 5.32 Å². The fourth-order valence-corrected chi connectivity index (χ4v) is 1.73. The van der Waals surface area contributed by atoms with E-state index in [1.54, 1.807) is 0 Å². The van der Waals surface area contributed by atoms with Gasteiger partial charge in [0, 0.05) is 0 Å². The van der Waals surface area contributed by atoms with Crippen LogP contribution in [0.15, 0.2) is 6.07 Å². The summed E-state index contributed by atoms with van der Waals surface area (Å²) in [6, 6.07) is 1.53. The second-order valence-corrected chi connectivity index (χ2v) is 3.87. The average molecular weight is 247 g/mol. The number of carbonyl (C=O) groups excluding carboxylic acids is 1. The van der Waals surface area contributed by atoms with Gasteiger partial charge in [-0.2, -0.15) is 0 Å². The van der Waals surface area contributed by atoms with Gasteiger partial charge >= 0.3 is 0 Å². The Labute approximate surface area is 96.3 Å². The van der Waals surface area contributed by atoms with Crippen molar-refractivity contribution in [1.29, 1.82) is 0 Å². The van der Waals surface area contributed by atoms with E-state index in [1.165, 1.54) is 6.07 Å². The first-order valence-corrected chi connectivity index (χ1v) is 5.05. The summed E-state index contributed by atoms with van der Waals surface area (Å²) in [5.74, 6) is 0.244. The summed E-state index contributed by atoms with van der Waals surface area (Å²) in [4.78, 5) is 11.2. The van der Waals surface area contributed by atoms with Crippen LogP contribution >= 0.6 is 23.2 Å². The maximum atomic E-state index is 11.2. The summed E-state index contributed by atoms with van der Waals surface area (Å²) >= 11 is 11.8. The molecular formula is C9H8Cl2N2O2. The Hall–Kier alpha value is -1.13. The molecule has 1 aromatic carbocycles. The van der Waals surface area contributed by atoms with Gasteiger partial charge in [0.2, 0.25) is 5.91 Å². The van der Waals surface area contributed by atoms with E-state index in [4.69, 9.17) is 33.7 Å². The van der Waals surface area contributed by atoms with Gasteiger partial charge in [0.25, 0.3) is 0 Å². The minimum absolute atomic E-state index is 0.133. The highest BCUT2D eigenvalue weighted by Gasteiger charge is 2.20. The number of nitrogens with one attached hydrogen (secondary N) is 1. The highest BCUT2D eigenvalue weighted by Crippen LogP contribution is 2.43. The van der Waals surface area contributed by atoms with E-state index in [9.17, 15) is 4.79 Å². The molecule has 3 N–H and O–H groups in total. The van der Waals surface area contributed by atoms with Crippen LogP contribution in [0.4, 0.5) is 11.4 Å². The van der Waals surface area contributed by atoms with Gasteiger partial charge in [-0.15, -0.1) is 0 Å². The molecule has 6 heteroatoms. The first-order valence-electron chi connectivity index (χ1n) is 4.29. The topological polar surface area (TPSA) is 64.3 Å². The molecule has 0 spiro atoms. The molecule has 0 unspecified atom stereocenters. The fourth-order valence-electron chi connectivity index (χ4n) is 1.32. The molecule has 0 aliphatic carbocycles. The number of nitrogens with two attached hydrogens (primary N) is 1. The van der Waals surface area contributed by atoms with E-state index in [0.717, 1.165) is 0 Å². The number of nitrogen functional groups attached to an aromatic ring is 1. The number of hydrogen-bond acceptors (Lipinski definition) is 3. The van der Waals surface area contributed by atoms with E-state index < -0.39 is 0 Å². The molecule has 1 heterocycles. The van der Waals surface area contributed by atoms with Crippen molar-refractivity contribution in [3.8, 4) is 5.75 Å². The third-order valence-corrected chi connectivity index (χ3v) is 2.90. The largest absolute Gasteiger partial charge is 0.489 e. The Bertz CT molecular complexity index is 435. The van der Waals surface area contributed by atoms with Crippen molar-refractivity contribution in [2.75, 3.05) is 17.7 Å². The van der Waals surface area contributed by atoms with Crippen LogP contribution in [0.2, 0.25) is 10.0 Å². The summed E-state index contributed by atoms with van der Waals surface area (Å²) in [5, 5.41) is 3.12. The van der Waals surface area contributed by atoms with Crippen molar-refractivity contribution < 1.29 is 9.53 Å². The number of benzene rings is 1. The van der Waals surface area contributed by atoms with Crippen LogP contribution in [-0.4, -0.2) is 12.5 Å². The van der Waals surface area contributed by atoms with Crippen LogP contribution in [0.1, 0.15) is 6.42 Å². The van der Waals surface area contributed by atoms with Gasteiger partial charge in [-0.25, -0.2) is 0 Å². The van der Waals surface area contributed by atoms with Crippen LogP contribution < -0.4 is 15.8 Å². The van der Waals surface area contributed by atoms with E-state index >= 15 is 0 Å². The van der Waals surface area contributed by atoms with Gasteiger partial charge in [-0.3, -0.25) is 4.79 Å². The van der Waals surface area contributed by atoms with Crippen LogP contribution in [0.25, 0.3) is 0 Å². The van der Waals surface area contributed by atoms with Gasteiger partial charge in [0.15, 0.2) is 5.75 Å². The SMILES string of the molecule is Nc1cc2c(c(Cl)c1Cl)OCCC(=O)N2. The van der Waals surface area contributed by atoms with Gasteiger partial charge in [-0.1, -0.05) is 23.2 Å². The zero-order valence-corrected chi connectivity index (χ0v) is 9.15. The lowest BCUT2D eigenvalue weighted by Gasteiger charge is -2.11. The van der Waals surface area contributed by atoms with Crippen LogP contribution in [0.5, 0.6) is 5.75 Å². The monoisotopic (exact) mass is 246 g/mol. The van der Waals surface area contributed by atoms with Crippen molar-refractivity contribution >= 4 is 40.5 Å². The molecule has 1 amide bonds. The van der Waals surface area contributed by atoms with Crippen LogP contribution in [0, 0.1) is 0 Å². The predicted octanol–water partition coefficient (Wildman–Crippen LogP) is 2.30. The number of hydrogen-bond donors (Lipinski definition) is 2. The fraction of sp³-hybridized carbons (Fsp3) is 0.222. The zero-order valence-electron chi connectivity index (χ0n) is 7.64. The van der Waals surface area contributed by atoms with Crippen molar-refractivity contribution in [2.45, 2.75) is 6.42 Å². The molecule has 0 fully saturated rings. The molecule has 1 aliphatic heterocycles. The minimum atomic E-state index is -0.133. The standard InChI is InChI=1S/C9H8Cl2N2O2/c10-7-4(12)3-5-9(8(7)11)15-2-1-6(14)13-5/h3H,1-2,12H2,(H,13,14). The van der Waals surface area contributed by atoms with Gasteiger partial charge in [-0.05, 0) is 6.07 Å². The Kier molecular flexibility index (Phi) is 2.63. The summed E-state index contributed by atoms with van der Waals surface area (Å²) < 4.78 is 5.33. The van der Waals surface area contributed by atoms with Crippen molar-refractivity contribution in [2.24, 2.45) is 0 Å². The van der Waals surface area contributed by atoms with Crippen molar-refractivity contribution in [3.63, 3.8) is 0 Å². The average Bonchev–Trinajstić information content (AvgIpc) is 2.36. The Morgan fingerprint density at radius 3 is 2.87 bits per heavy atom. The number of carbonyl (C=O) groups is 1. The molecule has 1 aliphatic rings. The molecule has 0 saturated heterocycles. The number of ether oxygens (including phenoxy) is 1. The highest BCUT2D eigenvalue weighted by atomic mass is 35.5. The first kappa shape index (κ1) is 10.4. The molecule has 0 saturated carbocycles. The predicted molar refractivity (Wildman–Crippen MR) is 59.6 cm³/mol. The van der Waals surface area contributed by atoms with E-state index in [-0.39, 0.29) is 29.0 Å². The smallest absolute Gasteiger partial charge is 0.227 e. The molecule has 0 bridgehead atoms. The number of anilines is 2. The second-order valence-electron chi connectivity index (χ2n) is 3.12. The summed E-state index contributed by atoms with van der Waals surface area (Å²) in [6.07, 6.45) is 0.280. The third-order valence-electron chi connectivity index (χ3n) is 2.04. The van der Waals surface area contributed by atoms with Crippen LogP contribution in [-0.2, 0) is 4.79 Å². The quantitative estimate of drug-likeness (QED) is 0.691. The third kappa shape index (κ3) is 1.82. The molecule has 2 rings (SSSR count). The molecule has 1 aromatic rings. The van der Waals surface area contributed by atoms with E-state index in [1.807, 2.05) is 0 Å². The van der Waals surface area contributed by atoms with Crippen molar-refractivity contribution in [1.82, 2.24) is 0 Å². The van der Waals surface area contributed by atoms with Gasteiger partial charge < -0.3 is 15.8 Å². The minimum Gasteiger partial charge on any atom is -0.489 e. The highest BCUT2D eigenvalue weighted by molar-refractivity contribution is 6.45. The molecule has 0 atom stereocenters. The van der Waals surface area contributed by atoms with Crippen LogP contribution in [0.3, 0.4) is 0 Å². The zero-order chi connectivity index (χ0) is 11.0. The Morgan fingerprint density at radius 2 is 2.13 bits per heavy atom. The second kappa shape index (κ2) is 3.79. The number of fused-ring (bicyclic) bond motifs is 1. The van der Waals surface area contributed by atoms with Crippen molar-refractivity contribution in [3.05, 3.63) is 16.1 Å². The lowest BCUT2D eigenvalue weighted by Crippen LogP contribution is -2.10.